The van der Waals surface area contributed by atoms with E-state index in [1.165, 1.54) is 0 Å². The van der Waals surface area contributed by atoms with Crippen LogP contribution in [0.4, 0.5) is 0 Å². The summed E-state index contributed by atoms with van der Waals surface area (Å²) >= 11 is 0. The van der Waals surface area contributed by atoms with Crippen LogP contribution in [0.5, 0.6) is 0 Å². The summed E-state index contributed by atoms with van der Waals surface area (Å²) in [6.45, 7) is 8.72. The molecule has 0 aliphatic carbocycles. The molecule has 0 radical (unpaired) electrons. The Kier molecular flexibility index (Phi) is 3.96. The van der Waals surface area contributed by atoms with E-state index in [1.54, 1.807) is 13.8 Å². The van der Waals surface area contributed by atoms with Gasteiger partial charge in [-0.05, 0) is 33.8 Å². The van der Waals surface area contributed by atoms with Gasteiger partial charge in [0.2, 0.25) is 0 Å². The van der Waals surface area contributed by atoms with Crippen LogP contribution in [0.3, 0.4) is 0 Å². The predicted octanol–water partition coefficient (Wildman–Crippen LogP) is 2.47. The maximum Gasteiger partial charge on any atom is 0.316 e. The summed E-state index contributed by atoms with van der Waals surface area (Å²) in [5.74, 6) is -0.222. The fourth-order valence-corrected chi connectivity index (χ4v) is 2.22. The summed E-state index contributed by atoms with van der Waals surface area (Å²) in [6, 6.07) is 1.82. The van der Waals surface area contributed by atoms with E-state index in [0.29, 0.717) is 31.3 Å². The highest BCUT2D eigenvalue weighted by atomic mass is 16.7. The molecule has 1 aromatic rings. The second-order valence-corrected chi connectivity index (χ2v) is 4.73. The van der Waals surface area contributed by atoms with Gasteiger partial charge in [-0.1, -0.05) is 0 Å². The average Bonchev–Trinajstić information content (AvgIpc) is 2.96. The van der Waals surface area contributed by atoms with Crippen molar-refractivity contribution in [1.29, 1.82) is 0 Å². The number of esters is 1. The first-order chi connectivity index (χ1) is 8.98. The van der Waals surface area contributed by atoms with Crippen molar-refractivity contribution in [3.05, 3.63) is 23.2 Å². The lowest BCUT2D eigenvalue weighted by Gasteiger charge is -2.21. The van der Waals surface area contributed by atoms with Crippen LogP contribution < -0.4 is 0 Å². The van der Waals surface area contributed by atoms with Crippen LogP contribution in [0, 0.1) is 6.92 Å². The summed E-state index contributed by atoms with van der Waals surface area (Å²) in [5, 5.41) is 0. The van der Waals surface area contributed by atoms with E-state index in [2.05, 4.69) is 0 Å². The van der Waals surface area contributed by atoms with Crippen LogP contribution in [0.15, 0.2) is 10.5 Å². The first kappa shape index (κ1) is 14.1. The van der Waals surface area contributed by atoms with Crippen molar-refractivity contribution < 1.29 is 23.4 Å². The van der Waals surface area contributed by atoms with Gasteiger partial charge in [0.05, 0.1) is 25.4 Å². The number of carbonyl (C=O) groups is 1. The molecule has 5 nitrogen and oxygen atoms in total. The molecule has 1 aromatic heterocycles. The lowest BCUT2D eigenvalue weighted by atomic mass is 10.0. The second kappa shape index (κ2) is 5.35. The van der Waals surface area contributed by atoms with E-state index < -0.39 is 11.7 Å². The molecule has 5 heteroatoms. The molecule has 106 valence electrons. The minimum absolute atomic E-state index is 0.291. The monoisotopic (exact) mass is 268 g/mol. The molecule has 0 N–H and O–H groups in total. The number of carbonyl (C=O) groups excluding carboxylic acids is 1. The predicted molar refractivity (Wildman–Crippen MR) is 67.7 cm³/mol. The molecular weight excluding hydrogens is 248 g/mol. The van der Waals surface area contributed by atoms with Gasteiger partial charge >= 0.3 is 5.97 Å². The fourth-order valence-electron chi connectivity index (χ4n) is 2.22. The van der Waals surface area contributed by atoms with Crippen LogP contribution >= 0.6 is 0 Å². The Labute approximate surface area is 112 Å². The summed E-state index contributed by atoms with van der Waals surface area (Å²) in [5.41, 5.74) is 0.830. The van der Waals surface area contributed by atoms with Gasteiger partial charge in [-0.15, -0.1) is 0 Å². The van der Waals surface area contributed by atoms with E-state index in [0.717, 1.165) is 5.56 Å². The molecule has 0 bridgehead atoms. The van der Waals surface area contributed by atoms with Gasteiger partial charge in [0, 0.05) is 0 Å². The quantitative estimate of drug-likeness (QED) is 0.785. The second-order valence-electron chi connectivity index (χ2n) is 4.73. The normalized spacial score (nSPS) is 19.4. The van der Waals surface area contributed by atoms with Crippen LogP contribution in [-0.4, -0.2) is 25.8 Å². The smallest absolute Gasteiger partial charge is 0.316 e. The molecule has 0 amide bonds. The number of ether oxygens (including phenoxy) is 3. The topological polar surface area (TPSA) is 57.9 Å². The Morgan fingerprint density at radius 3 is 2.68 bits per heavy atom. The Bertz CT molecular complexity index is 456. The van der Waals surface area contributed by atoms with Gasteiger partial charge in [-0.3, -0.25) is 4.79 Å². The molecule has 2 rings (SSSR count). The Morgan fingerprint density at radius 1 is 1.47 bits per heavy atom. The summed E-state index contributed by atoms with van der Waals surface area (Å²) in [6.07, 6.45) is 0. The van der Waals surface area contributed by atoms with Crippen molar-refractivity contribution in [3.8, 4) is 0 Å². The highest BCUT2D eigenvalue weighted by molar-refractivity contribution is 5.76. The summed E-state index contributed by atoms with van der Waals surface area (Å²) in [7, 11) is 0. The molecule has 0 unspecified atom stereocenters. The van der Waals surface area contributed by atoms with Gasteiger partial charge in [0.15, 0.2) is 5.79 Å². The van der Waals surface area contributed by atoms with E-state index in [1.807, 2.05) is 19.9 Å². The van der Waals surface area contributed by atoms with Crippen LogP contribution in [0.25, 0.3) is 0 Å². The highest BCUT2D eigenvalue weighted by Crippen LogP contribution is 2.36. The number of rotatable bonds is 4. The molecule has 1 aliphatic heterocycles. The Morgan fingerprint density at radius 2 is 2.11 bits per heavy atom. The largest absolute Gasteiger partial charge is 0.465 e. The Hall–Kier alpha value is -1.33. The SMILES string of the molecule is CCOC(=O)[C@H](C)c1cc(C2(C)OCCO2)c(C)o1. The number of hydrogen-bond acceptors (Lipinski definition) is 5. The van der Waals surface area contributed by atoms with Crippen molar-refractivity contribution in [2.75, 3.05) is 19.8 Å². The molecule has 2 heterocycles. The van der Waals surface area contributed by atoms with Crippen molar-refractivity contribution in [1.82, 2.24) is 0 Å². The molecular formula is C14H20O5. The van der Waals surface area contributed by atoms with Crippen molar-refractivity contribution in [3.63, 3.8) is 0 Å². The van der Waals surface area contributed by atoms with E-state index >= 15 is 0 Å². The summed E-state index contributed by atoms with van der Waals surface area (Å²) in [4.78, 5) is 11.7. The van der Waals surface area contributed by atoms with Crippen LogP contribution in [0.1, 0.15) is 43.8 Å². The lowest BCUT2D eigenvalue weighted by molar-refractivity contribution is -0.150. The van der Waals surface area contributed by atoms with Crippen LogP contribution in [-0.2, 0) is 24.8 Å². The van der Waals surface area contributed by atoms with Crippen LogP contribution in [0.2, 0.25) is 0 Å². The molecule has 1 saturated heterocycles. The van der Waals surface area contributed by atoms with Gasteiger partial charge in [-0.25, -0.2) is 0 Å². The molecule has 19 heavy (non-hydrogen) atoms. The number of hydrogen-bond donors (Lipinski definition) is 0. The van der Waals surface area contributed by atoms with E-state index in [4.69, 9.17) is 18.6 Å². The number of furan rings is 1. The number of aryl methyl sites for hydroxylation is 1. The molecule has 0 spiro atoms. The zero-order valence-electron chi connectivity index (χ0n) is 11.8. The third-order valence-corrected chi connectivity index (χ3v) is 3.33. The summed E-state index contributed by atoms with van der Waals surface area (Å²) < 4.78 is 21.9. The van der Waals surface area contributed by atoms with Crippen molar-refractivity contribution in [2.45, 2.75) is 39.4 Å². The molecule has 1 atom stereocenters. The fraction of sp³-hybridized carbons (Fsp3) is 0.643. The Balaban J connectivity index is 2.23. The van der Waals surface area contributed by atoms with E-state index in [-0.39, 0.29) is 5.97 Å². The first-order valence-corrected chi connectivity index (χ1v) is 6.53. The molecule has 1 aliphatic rings. The van der Waals surface area contributed by atoms with Gasteiger partial charge in [0.1, 0.15) is 17.4 Å². The zero-order chi connectivity index (χ0) is 14.0. The third-order valence-electron chi connectivity index (χ3n) is 3.33. The van der Waals surface area contributed by atoms with Crippen molar-refractivity contribution >= 4 is 5.97 Å². The zero-order valence-corrected chi connectivity index (χ0v) is 11.8. The maximum absolute atomic E-state index is 11.7. The van der Waals surface area contributed by atoms with Gasteiger partial charge in [0.25, 0.3) is 0 Å². The van der Waals surface area contributed by atoms with Gasteiger partial charge < -0.3 is 18.6 Å². The van der Waals surface area contributed by atoms with E-state index in [9.17, 15) is 4.79 Å². The minimum Gasteiger partial charge on any atom is -0.465 e. The lowest BCUT2D eigenvalue weighted by Crippen LogP contribution is -2.22. The van der Waals surface area contributed by atoms with Crippen molar-refractivity contribution in [2.24, 2.45) is 0 Å². The standard InChI is InChI=1S/C14H20O5/c1-5-16-13(15)9(2)12-8-11(10(3)19-12)14(4)17-6-7-18-14/h8-9H,5-7H2,1-4H3/t9-/m1/s1. The maximum atomic E-state index is 11.7. The minimum atomic E-state index is -0.778. The third kappa shape index (κ3) is 2.67. The molecule has 0 aromatic carbocycles. The first-order valence-electron chi connectivity index (χ1n) is 6.53. The highest BCUT2D eigenvalue weighted by Gasteiger charge is 2.37. The molecule has 0 saturated carbocycles. The average molecular weight is 268 g/mol. The molecule has 1 fully saturated rings. The van der Waals surface area contributed by atoms with Gasteiger partial charge in [-0.2, -0.15) is 0 Å².